The van der Waals surface area contributed by atoms with Gasteiger partial charge in [0.2, 0.25) is 5.79 Å². The highest BCUT2D eigenvalue weighted by atomic mass is 35.5. The molecule has 0 radical (unpaired) electrons. The molecule has 0 amide bonds. The summed E-state index contributed by atoms with van der Waals surface area (Å²) in [6, 6.07) is 0. The number of ether oxygens (including phenoxy) is 2. The van der Waals surface area contributed by atoms with E-state index in [1.807, 2.05) is 0 Å². The van der Waals surface area contributed by atoms with Crippen molar-refractivity contribution in [3.05, 3.63) is 12.8 Å². The van der Waals surface area contributed by atoms with Crippen molar-refractivity contribution in [3.63, 3.8) is 0 Å². The zero-order chi connectivity index (χ0) is 8.04. The predicted molar refractivity (Wildman–Crippen MR) is 42.0 cm³/mol. The van der Waals surface area contributed by atoms with Crippen LogP contribution in [0.3, 0.4) is 0 Å². The number of halogens is 1. The molecule has 0 atom stereocenters. The van der Waals surface area contributed by atoms with Gasteiger partial charge in [-0.15, -0.1) is 11.6 Å². The molecule has 0 rings (SSSR count). The van der Waals surface area contributed by atoms with Gasteiger partial charge in [-0.3, -0.25) is 0 Å². The Morgan fingerprint density at radius 1 is 1.60 bits per heavy atom. The van der Waals surface area contributed by atoms with E-state index in [9.17, 15) is 0 Å². The lowest BCUT2D eigenvalue weighted by molar-refractivity contribution is -0.177. The second-order valence-electron chi connectivity index (χ2n) is 2.22. The third kappa shape index (κ3) is 4.65. The maximum atomic E-state index is 5.40. The van der Waals surface area contributed by atoms with Crippen molar-refractivity contribution >= 4 is 11.6 Å². The van der Waals surface area contributed by atoms with Crippen LogP contribution in [0.5, 0.6) is 0 Å². The summed E-state index contributed by atoms with van der Waals surface area (Å²) in [6.07, 6.45) is 1.36. The Labute approximate surface area is 66.8 Å². The molecule has 0 saturated carbocycles. The topological polar surface area (TPSA) is 18.5 Å². The summed E-state index contributed by atoms with van der Waals surface area (Å²) in [7, 11) is 0. The van der Waals surface area contributed by atoms with E-state index < -0.39 is 5.79 Å². The molecule has 0 aliphatic rings. The molecule has 0 aromatic heterocycles. The van der Waals surface area contributed by atoms with E-state index in [0.717, 1.165) is 0 Å². The molecule has 0 aliphatic carbocycles. The maximum absolute atomic E-state index is 5.40. The van der Waals surface area contributed by atoms with E-state index in [0.29, 0.717) is 12.5 Å². The first-order valence-electron chi connectivity index (χ1n) is 3.11. The van der Waals surface area contributed by atoms with Crippen LogP contribution in [0.25, 0.3) is 0 Å². The first-order valence-corrected chi connectivity index (χ1v) is 3.64. The summed E-state index contributed by atoms with van der Waals surface area (Å²) in [5.41, 5.74) is 0. The maximum Gasteiger partial charge on any atom is 0.203 e. The van der Waals surface area contributed by atoms with Gasteiger partial charge in [0.1, 0.15) is 0 Å². The molecule has 0 saturated heterocycles. The molecule has 0 bridgehead atoms. The van der Waals surface area contributed by atoms with Gasteiger partial charge in [-0.25, -0.2) is 0 Å². The van der Waals surface area contributed by atoms with Crippen LogP contribution in [0.4, 0.5) is 0 Å². The summed E-state index contributed by atoms with van der Waals surface area (Å²) >= 11 is 5.40. The van der Waals surface area contributed by atoms with Crippen LogP contribution in [0, 0.1) is 0 Å². The number of rotatable bonds is 5. The lowest BCUT2D eigenvalue weighted by Gasteiger charge is -2.23. The lowest BCUT2D eigenvalue weighted by Crippen LogP contribution is -2.26. The third-order valence-corrected chi connectivity index (χ3v) is 1.05. The molecule has 3 heteroatoms. The highest BCUT2D eigenvalue weighted by Gasteiger charge is 2.16. The second kappa shape index (κ2) is 4.58. The number of hydrogen-bond acceptors (Lipinski definition) is 2. The zero-order valence-corrected chi connectivity index (χ0v) is 7.15. The molecule has 0 N–H and O–H groups in total. The smallest absolute Gasteiger partial charge is 0.203 e. The average Bonchev–Trinajstić information content (AvgIpc) is 1.84. The van der Waals surface area contributed by atoms with Gasteiger partial charge >= 0.3 is 0 Å². The van der Waals surface area contributed by atoms with Crippen molar-refractivity contribution in [2.24, 2.45) is 0 Å². The van der Waals surface area contributed by atoms with Gasteiger partial charge in [0.15, 0.2) is 0 Å². The molecular formula is C7H13ClO2. The Hall–Kier alpha value is -0.210. The minimum atomic E-state index is -0.601. The normalized spacial score (nSPS) is 11.1. The lowest BCUT2D eigenvalue weighted by atomic mass is 10.4. The van der Waals surface area contributed by atoms with Crippen molar-refractivity contribution in [2.75, 3.05) is 12.5 Å². The summed E-state index contributed by atoms with van der Waals surface area (Å²) in [5, 5.41) is 0. The Morgan fingerprint density at radius 3 is 2.60 bits per heavy atom. The Kier molecular flexibility index (Phi) is 4.49. The van der Waals surface area contributed by atoms with Crippen LogP contribution in [0.2, 0.25) is 0 Å². The highest BCUT2D eigenvalue weighted by molar-refractivity contribution is 6.17. The minimum Gasteiger partial charge on any atom is -0.471 e. The molecule has 60 valence electrons. The van der Waals surface area contributed by atoms with Gasteiger partial charge in [0, 0.05) is 19.7 Å². The zero-order valence-electron chi connectivity index (χ0n) is 6.39. The van der Waals surface area contributed by atoms with Crippen LogP contribution < -0.4 is 0 Å². The Balaban J connectivity index is 3.51. The second-order valence-corrected chi connectivity index (χ2v) is 2.60. The van der Waals surface area contributed by atoms with Gasteiger partial charge < -0.3 is 9.47 Å². The van der Waals surface area contributed by atoms with Crippen LogP contribution in [-0.4, -0.2) is 18.3 Å². The fourth-order valence-electron chi connectivity index (χ4n) is 0.519. The molecule has 0 aromatic carbocycles. The van der Waals surface area contributed by atoms with Crippen LogP contribution in [0.15, 0.2) is 12.8 Å². The highest BCUT2D eigenvalue weighted by Crippen LogP contribution is 2.10. The van der Waals surface area contributed by atoms with E-state index in [2.05, 4.69) is 6.58 Å². The Bertz CT molecular complexity index is 102. The molecule has 0 unspecified atom stereocenters. The fraction of sp³-hybridized carbons (Fsp3) is 0.714. The summed E-state index contributed by atoms with van der Waals surface area (Å²) in [6.45, 7) is 7.52. The summed E-state index contributed by atoms with van der Waals surface area (Å²) < 4.78 is 10.2. The number of alkyl halides is 1. The Morgan fingerprint density at radius 2 is 2.20 bits per heavy atom. The molecule has 10 heavy (non-hydrogen) atoms. The van der Waals surface area contributed by atoms with E-state index in [1.54, 1.807) is 13.8 Å². The minimum absolute atomic E-state index is 0.476. The van der Waals surface area contributed by atoms with Gasteiger partial charge in [-0.05, 0) is 0 Å². The fourth-order valence-corrected chi connectivity index (χ4v) is 0.596. The van der Waals surface area contributed by atoms with E-state index in [1.165, 1.54) is 6.26 Å². The molecule has 0 aliphatic heterocycles. The summed E-state index contributed by atoms with van der Waals surface area (Å²) in [4.78, 5) is 0. The first kappa shape index (κ1) is 9.79. The van der Waals surface area contributed by atoms with Crippen molar-refractivity contribution in [3.8, 4) is 0 Å². The SMILES string of the molecule is C=COC(C)(C)OCCCl. The third-order valence-electron chi connectivity index (χ3n) is 0.894. The molecular weight excluding hydrogens is 152 g/mol. The van der Waals surface area contributed by atoms with Crippen molar-refractivity contribution in [2.45, 2.75) is 19.6 Å². The van der Waals surface area contributed by atoms with Crippen molar-refractivity contribution < 1.29 is 9.47 Å². The molecule has 2 nitrogen and oxygen atoms in total. The van der Waals surface area contributed by atoms with E-state index in [4.69, 9.17) is 21.1 Å². The molecule has 0 spiro atoms. The van der Waals surface area contributed by atoms with Crippen LogP contribution in [0.1, 0.15) is 13.8 Å². The van der Waals surface area contributed by atoms with Gasteiger partial charge in [0.05, 0.1) is 12.9 Å². The van der Waals surface area contributed by atoms with Crippen molar-refractivity contribution in [1.82, 2.24) is 0 Å². The summed E-state index contributed by atoms with van der Waals surface area (Å²) in [5.74, 6) is -0.124. The molecule has 0 fully saturated rings. The van der Waals surface area contributed by atoms with Gasteiger partial charge in [-0.2, -0.15) is 0 Å². The van der Waals surface area contributed by atoms with Crippen LogP contribution in [-0.2, 0) is 9.47 Å². The monoisotopic (exact) mass is 164 g/mol. The van der Waals surface area contributed by atoms with E-state index >= 15 is 0 Å². The molecule has 0 aromatic rings. The average molecular weight is 165 g/mol. The predicted octanol–water partition coefficient (Wildman–Crippen LogP) is 2.14. The van der Waals surface area contributed by atoms with Gasteiger partial charge in [0.25, 0.3) is 0 Å². The van der Waals surface area contributed by atoms with E-state index in [-0.39, 0.29) is 0 Å². The standard InChI is InChI=1S/C7H13ClO2/c1-4-9-7(2,3)10-6-5-8/h4H,1,5-6H2,2-3H3. The number of hydrogen-bond donors (Lipinski definition) is 0. The quantitative estimate of drug-likeness (QED) is 0.352. The van der Waals surface area contributed by atoms with Crippen LogP contribution >= 0.6 is 11.6 Å². The van der Waals surface area contributed by atoms with Crippen molar-refractivity contribution in [1.29, 1.82) is 0 Å². The first-order chi connectivity index (χ1) is 4.62. The molecule has 0 heterocycles. The largest absolute Gasteiger partial charge is 0.471 e. The van der Waals surface area contributed by atoms with Gasteiger partial charge in [-0.1, -0.05) is 6.58 Å².